The van der Waals surface area contributed by atoms with Gasteiger partial charge in [0, 0.05) is 67.1 Å². The number of oxazole rings is 1. The van der Waals surface area contributed by atoms with Crippen molar-refractivity contribution in [3.05, 3.63) is 182 Å². The number of benzene rings is 9. The fourth-order valence-corrected chi connectivity index (χ4v) is 8.42. The Hall–Kier alpha value is -7.63. The topological polar surface area (TPSA) is 55.6 Å². The summed E-state index contributed by atoms with van der Waals surface area (Å²) in [5.74, 6) is 0.620. The fourth-order valence-electron chi connectivity index (χ4n) is 8.42. The summed E-state index contributed by atoms with van der Waals surface area (Å²) in [7, 11) is 0. The molecule has 0 N–H and O–H groups in total. The van der Waals surface area contributed by atoms with Crippen molar-refractivity contribution >= 4 is 93.6 Å². The van der Waals surface area contributed by atoms with Crippen LogP contribution in [0.5, 0.6) is 0 Å². The Morgan fingerprint density at radius 1 is 0.321 bits per heavy atom. The molecule has 12 rings (SSSR count). The molecule has 0 amide bonds. The normalized spacial score (nSPS) is 11.9. The molecule has 3 aromatic heterocycles. The molecule has 0 saturated heterocycles. The number of hydrogen-bond donors (Lipinski definition) is 0. The Balaban J connectivity index is 0.999. The number of anilines is 3. The van der Waals surface area contributed by atoms with Gasteiger partial charge in [-0.2, -0.15) is 0 Å². The molecule has 5 nitrogen and oxygen atoms in total. The van der Waals surface area contributed by atoms with Crippen LogP contribution in [0.2, 0.25) is 0 Å². The van der Waals surface area contributed by atoms with Crippen LogP contribution in [0.25, 0.3) is 99.1 Å². The minimum Gasteiger partial charge on any atom is -0.456 e. The molecule has 0 saturated carbocycles. The zero-order valence-electron chi connectivity index (χ0n) is 29.9. The Bertz CT molecular complexity index is 3370. The fraction of sp³-hybridized carbons (Fsp3) is 0. The summed E-state index contributed by atoms with van der Waals surface area (Å²) < 4.78 is 19.2. The van der Waals surface area contributed by atoms with Gasteiger partial charge >= 0.3 is 0 Å². The summed E-state index contributed by atoms with van der Waals surface area (Å²) in [5.41, 5.74) is 11.2. The molecule has 262 valence electrons. The summed E-state index contributed by atoms with van der Waals surface area (Å²) in [5, 5.41) is 8.81. The van der Waals surface area contributed by atoms with E-state index in [1.54, 1.807) is 0 Å². The molecule has 56 heavy (non-hydrogen) atoms. The smallest absolute Gasteiger partial charge is 0.227 e. The van der Waals surface area contributed by atoms with Gasteiger partial charge in [-0.25, -0.2) is 4.98 Å². The van der Waals surface area contributed by atoms with Gasteiger partial charge in [-0.1, -0.05) is 103 Å². The lowest BCUT2D eigenvalue weighted by molar-refractivity contribution is 0.623. The highest BCUT2D eigenvalue weighted by molar-refractivity contribution is 6.23. The van der Waals surface area contributed by atoms with Crippen molar-refractivity contribution in [1.82, 2.24) is 4.98 Å². The predicted molar refractivity (Wildman–Crippen MR) is 229 cm³/mol. The average Bonchev–Trinajstić information content (AvgIpc) is 3.98. The second-order valence-electron chi connectivity index (χ2n) is 14.3. The minimum absolute atomic E-state index is 0.620. The molecule has 0 aliphatic carbocycles. The lowest BCUT2D eigenvalue weighted by Gasteiger charge is -2.25. The minimum atomic E-state index is 0.620. The number of aromatic nitrogens is 1. The Kier molecular flexibility index (Phi) is 6.56. The number of nitrogens with zero attached hydrogens (tertiary/aromatic N) is 2. The first-order valence-corrected chi connectivity index (χ1v) is 18.8. The maximum atomic E-state index is 6.50. The molecule has 12 aromatic rings. The van der Waals surface area contributed by atoms with Crippen molar-refractivity contribution in [2.75, 3.05) is 4.90 Å². The first-order chi connectivity index (χ1) is 27.7. The highest BCUT2D eigenvalue weighted by Gasteiger charge is 2.19. The van der Waals surface area contributed by atoms with Crippen LogP contribution in [-0.2, 0) is 0 Å². The molecular weight excluding hydrogens is 689 g/mol. The third-order valence-electron chi connectivity index (χ3n) is 11.1. The average molecular weight is 719 g/mol. The summed E-state index contributed by atoms with van der Waals surface area (Å²) in [6, 6.07) is 63.2. The molecule has 5 heteroatoms. The van der Waals surface area contributed by atoms with Gasteiger partial charge in [0.15, 0.2) is 5.58 Å². The van der Waals surface area contributed by atoms with Crippen LogP contribution in [0.1, 0.15) is 0 Å². The van der Waals surface area contributed by atoms with Crippen molar-refractivity contribution in [2.24, 2.45) is 0 Å². The largest absolute Gasteiger partial charge is 0.456 e. The lowest BCUT2D eigenvalue weighted by Crippen LogP contribution is -2.09. The summed E-state index contributed by atoms with van der Waals surface area (Å²) in [6.07, 6.45) is 0. The van der Waals surface area contributed by atoms with Gasteiger partial charge in [0.25, 0.3) is 0 Å². The number of hydrogen-bond acceptors (Lipinski definition) is 5. The summed E-state index contributed by atoms with van der Waals surface area (Å²) in [6.45, 7) is 0. The highest BCUT2D eigenvalue weighted by atomic mass is 16.3. The molecule has 0 aliphatic rings. The second-order valence-corrected chi connectivity index (χ2v) is 14.3. The lowest BCUT2D eigenvalue weighted by atomic mass is 9.96. The number of furan rings is 2. The highest BCUT2D eigenvalue weighted by Crippen LogP contribution is 2.43. The number of fused-ring (bicyclic) bond motifs is 12. The van der Waals surface area contributed by atoms with E-state index in [0.29, 0.717) is 5.89 Å². The van der Waals surface area contributed by atoms with Crippen molar-refractivity contribution in [2.45, 2.75) is 0 Å². The Morgan fingerprint density at radius 2 is 0.821 bits per heavy atom. The number of rotatable bonds is 5. The molecule has 0 aliphatic heterocycles. The molecule has 0 radical (unpaired) electrons. The van der Waals surface area contributed by atoms with Crippen molar-refractivity contribution in [3.63, 3.8) is 0 Å². The zero-order valence-corrected chi connectivity index (χ0v) is 29.9. The second kappa shape index (κ2) is 11.9. The molecular formula is C51H30N2O3. The Morgan fingerprint density at radius 3 is 1.48 bits per heavy atom. The molecule has 0 unspecified atom stereocenters. The van der Waals surface area contributed by atoms with Crippen LogP contribution in [-0.4, -0.2) is 4.98 Å². The maximum Gasteiger partial charge on any atom is 0.227 e. The van der Waals surface area contributed by atoms with Crippen LogP contribution < -0.4 is 4.90 Å². The van der Waals surface area contributed by atoms with Gasteiger partial charge in [-0.3, -0.25) is 0 Å². The SMILES string of the molecule is c1ccc(-c2nc3c4cc(-c5ccc(N(c6ccc7c(c6)oc6ccccc67)c6ccc7c(c6)oc6ccccc67)cc5)ccc4c4ccccc4c3o2)cc1. The molecule has 0 bridgehead atoms. The Labute approximate surface area is 320 Å². The summed E-state index contributed by atoms with van der Waals surface area (Å²) in [4.78, 5) is 7.35. The summed E-state index contributed by atoms with van der Waals surface area (Å²) >= 11 is 0. The van der Waals surface area contributed by atoms with Gasteiger partial charge < -0.3 is 18.2 Å². The van der Waals surface area contributed by atoms with Gasteiger partial charge in [0.05, 0.1) is 0 Å². The van der Waals surface area contributed by atoms with E-state index in [1.807, 2.05) is 54.6 Å². The van der Waals surface area contributed by atoms with Gasteiger partial charge in [-0.15, -0.1) is 0 Å². The molecule has 3 heterocycles. The van der Waals surface area contributed by atoms with E-state index < -0.39 is 0 Å². The van der Waals surface area contributed by atoms with E-state index in [0.717, 1.165) is 110 Å². The van der Waals surface area contributed by atoms with Crippen LogP contribution >= 0.6 is 0 Å². The van der Waals surface area contributed by atoms with Crippen LogP contribution in [0.4, 0.5) is 17.1 Å². The first kappa shape index (κ1) is 30.8. The third kappa shape index (κ3) is 4.71. The van der Waals surface area contributed by atoms with Crippen molar-refractivity contribution in [1.29, 1.82) is 0 Å². The van der Waals surface area contributed by atoms with E-state index in [-0.39, 0.29) is 0 Å². The van der Waals surface area contributed by atoms with E-state index >= 15 is 0 Å². The number of para-hydroxylation sites is 2. The molecule has 0 fully saturated rings. The molecule has 0 atom stereocenters. The van der Waals surface area contributed by atoms with Crippen LogP contribution in [0, 0.1) is 0 Å². The predicted octanol–water partition coefficient (Wildman–Crippen LogP) is 14.7. The van der Waals surface area contributed by atoms with Gasteiger partial charge in [-0.05, 0) is 88.6 Å². The standard InChI is InChI=1S/C51H30N2O3/c1-2-10-32(11-3-1)51-52-49-44-28-33(20-25-38(44)37-12-4-5-15-43(37)50(49)56-51)31-18-21-34(22-19-31)53(35-23-26-41-39-13-6-8-16-45(39)54-47(41)29-35)36-24-27-42-40-14-7-9-17-46(40)55-48(42)30-36/h1-30H. The van der Waals surface area contributed by atoms with E-state index in [9.17, 15) is 0 Å². The third-order valence-corrected chi connectivity index (χ3v) is 11.1. The first-order valence-electron chi connectivity index (χ1n) is 18.8. The molecule has 9 aromatic carbocycles. The zero-order chi connectivity index (χ0) is 36.7. The molecule has 0 spiro atoms. The van der Waals surface area contributed by atoms with E-state index in [1.165, 1.54) is 0 Å². The van der Waals surface area contributed by atoms with Gasteiger partial charge in [0.2, 0.25) is 5.89 Å². The van der Waals surface area contributed by atoms with Crippen molar-refractivity contribution < 1.29 is 13.3 Å². The monoisotopic (exact) mass is 718 g/mol. The van der Waals surface area contributed by atoms with E-state index in [2.05, 4.69) is 132 Å². The van der Waals surface area contributed by atoms with Crippen LogP contribution in [0.3, 0.4) is 0 Å². The van der Waals surface area contributed by atoms with E-state index in [4.69, 9.17) is 18.2 Å². The quantitative estimate of drug-likeness (QED) is 0.166. The van der Waals surface area contributed by atoms with Crippen molar-refractivity contribution in [3.8, 4) is 22.6 Å². The van der Waals surface area contributed by atoms with Crippen LogP contribution in [0.15, 0.2) is 195 Å². The van der Waals surface area contributed by atoms with Gasteiger partial charge in [0.1, 0.15) is 27.8 Å². The maximum absolute atomic E-state index is 6.50.